The number of ether oxygens (including phenoxy) is 1. The van der Waals surface area contributed by atoms with Gasteiger partial charge in [-0.15, -0.1) is 0 Å². The van der Waals surface area contributed by atoms with E-state index < -0.39 is 0 Å². The Balaban J connectivity index is 3.83. The molecule has 0 aromatic carbocycles. The van der Waals surface area contributed by atoms with Crippen LogP contribution in [0.5, 0.6) is 0 Å². The third-order valence-corrected chi connectivity index (χ3v) is 2.74. The van der Waals surface area contributed by atoms with E-state index in [1.54, 1.807) is 7.11 Å². The van der Waals surface area contributed by atoms with Crippen LogP contribution in [0.2, 0.25) is 0 Å². The van der Waals surface area contributed by atoms with E-state index in [0.717, 1.165) is 19.6 Å². The summed E-state index contributed by atoms with van der Waals surface area (Å²) in [6.45, 7) is 6.26. The van der Waals surface area contributed by atoms with Crippen LogP contribution >= 0.6 is 0 Å². The zero-order valence-electron chi connectivity index (χ0n) is 9.63. The Morgan fingerprint density at radius 1 is 1.46 bits per heavy atom. The van der Waals surface area contributed by atoms with Crippen molar-refractivity contribution in [3.8, 4) is 0 Å². The van der Waals surface area contributed by atoms with Crippen LogP contribution in [0, 0.1) is 0 Å². The Bertz CT molecular complexity index is 115. The normalized spacial score (nSPS) is 16.2. The van der Waals surface area contributed by atoms with Gasteiger partial charge in [0.05, 0.1) is 6.61 Å². The first-order valence-electron chi connectivity index (χ1n) is 5.03. The van der Waals surface area contributed by atoms with Crippen LogP contribution < -0.4 is 5.32 Å². The van der Waals surface area contributed by atoms with Crippen LogP contribution in [-0.4, -0.2) is 51.3 Å². The highest BCUT2D eigenvalue weighted by Crippen LogP contribution is 2.04. The minimum atomic E-state index is 0.560. The SMILES string of the molecule is CCC(NC)C(C)N(C)CCOC. The first kappa shape index (κ1) is 12.9. The second-order valence-electron chi connectivity index (χ2n) is 3.52. The van der Waals surface area contributed by atoms with Crippen molar-refractivity contribution in [2.75, 3.05) is 34.4 Å². The van der Waals surface area contributed by atoms with Gasteiger partial charge in [-0.05, 0) is 27.4 Å². The predicted molar refractivity (Wildman–Crippen MR) is 57.1 cm³/mol. The summed E-state index contributed by atoms with van der Waals surface area (Å²) in [5.74, 6) is 0. The molecule has 0 aromatic rings. The van der Waals surface area contributed by atoms with Gasteiger partial charge in [-0.25, -0.2) is 0 Å². The minimum Gasteiger partial charge on any atom is -0.383 e. The van der Waals surface area contributed by atoms with Crippen LogP contribution in [0.15, 0.2) is 0 Å². The number of rotatable bonds is 7. The Morgan fingerprint density at radius 2 is 2.08 bits per heavy atom. The van der Waals surface area contributed by atoms with Gasteiger partial charge in [0.15, 0.2) is 0 Å². The highest BCUT2D eigenvalue weighted by molar-refractivity contribution is 4.77. The molecule has 3 heteroatoms. The van der Waals surface area contributed by atoms with Crippen molar-refractivity contribution >= 4 is 0 Å². The summed E-state index contributed by atoms with van der Waals surface area (Å²) in [5, 5.41) is 3.33. The summed E-state index contributed by atoms with van der Waals surface area (Å²) in [7, 11) is 5.91. The molecule has 0 heterocycles. The van der Waals surface area contributed by atoms with Gasteiger partial charge < -0.3 is 10.1 Å². The van der Waals surface area contributed by atoms with Crippen molar-refractivity contribution in [2.24, 2.45) is 0 Å². The van der Waals surface area contributed by atoms with Crippen molar-refractivity contribution in [1.29, 1.82) is 0 Å². The molecule has 0 amide bonds. The molecule has 0 aromatic heterocycles. The third kappa shape index (κ3) is 4.60. The average Bonchev–Trinajstić information content (AvgIpc) is 2.15. The number of likely N-dealkylation sites (N-methyl/N-ethyl adjacent to an activating group) is 2. The lowest BCUT2D eigenvalue weighted by atomic mass is 10.1. The largest absolute Gasteiger partial charge is 0.383 e. The molecule has 0 spiro atoms. The molecule has 0 saturated heterocycles. The lowest BCUT2D eigenvalue weighted by molar-refractivity contribution is 0.129. The number of nitrogens with one attached hydrogen (secondary N) is 1. The van der Waals surface area contributed by atoms with E-state index in [0.29, 0.717) is 12.1 Å². The fraction of sp³-hybridized carbons (Fsp3) is 1.00. The van der Waals surface area contributed by atoms with Crippen LogP contribution in [0.3, 0.4) is 0 Å². The molecule has 13 heavy (non-hydrogen) atoms. The second-order valence-corrected chi connectivity index (χ2v) is 3.52. The van der Waals surface area contributed by atoms with E-state index in [2.05, 4.69) is 31.1 Å². The molecule has 0 aliphatic rings. The maximum absolute atomic E-state index is 5.05. The summed E-state index contributed by atoms with van der Waals surface area (Å²) in [6.07, 6.45) is 1.16. The van der Waals surface area contributed by atoms with Crippen molar-refractivity contribution in [3.05, 3.63) is 0 Å². The van der Waals surface area contributed by atoms with Crippen molar-refractivity contribution < 1.29 is 4.74 Å². The molecule has 0 aliphatic heterocycles. The summed E-state index contributed by atoms with van der Waals surface area (Å²) in [5.41, 5.74) is 0. The Kier molecular flexibility index (Phi) is 7.23. The third-order valence-electron chi connectivity index (χ3n) is 2.74. The lowest BCUT2D eigenvalue weighted by Crippen LogP contribution is -2.46. The van der Waals surface area contributed by atoms with Crippen LogP contribution in [0.4, 0.5) is 0 Å². The summed E-state index contributed by atoms with van der Waals surface area (Å²) < 4.78 is 5.05. The molecular weight excluding hydrogens is 164 g/mol. The Hall–Kier alpha value is -0.120. The van der Waals surface area contributed by atoms with Gasteiger partial charge in [0.2, 0.25) is 0 Å². The van der Waals surface area contributed by atoms with Crippen LogP contribution in [-0.2, 0) is 4.74 Å². The molecule has 3 nitrogen and oxygen atoms in total. The van der Waals surface area contributed by atoms with Gasteiger partial charge in [0, 0.05) is 25.7 Å². The molecule has 0 aliphatic carbocycles. The number of hydrogen-bond donors (Lipinski definition) is 1. The highest BCUT2D eigenvalue weighted by atomic mass is 16.5. The Morgan fingerprint density at radius 3 is 2.46 bits per heavy atom. The Labute approximate surface area is 82.4 Å². The molecule has 0 bridgehead atoms. The molecule has 0 fully saturated rings. The van der Waals surface area contributed by atoms with Gasteiger partial charge in [-0.3, -0.25) is 4.90 Å². The first-order valence-corrected chi connectivity index (χ1v) is 5.03. The van der Waals surface area contributed by atoms with E-state index in [1.807, 2.05) is 7.05 Å². The molecule has 80 valence electrons. The van der Waals surface area contributed by atoms with E-state index in [9.17, 15) is 0 Å². The fourth-order valence-corrected chi connectivity index (χ4v) is 1.53. The molecule has 2 unspecified atom stereocenters. The molecule has 1 N–H and O–H groups in total. The standard InChI is InChI=1S/C10H24N2O/c1-6-10(11-3)9(2)12(4)7-8-13-5/h9-11H,6-8H2,1-5H3. The minimum absolute atomic E-state index is 0.560. The number of methoxy groups -OCH3 is 1. The van der Waals surface area contributed by atoms with Gasteiger partial charge >= 0.3 is 0 Å². The first-order chi connectivity index (χ1) is 6.17. The molecular formula is C10H24N2O. The zero-order chi connectivity index (χ0) is 10.3. The van der Waals surface area contributed by atoms with E-state index in [1.165, 1.54) is 0 Å². The maximum atomic E-state index is 5.05. The van der Waals surface area contributed by atoms with Crippen LogP contribution in [0.1, 0.15) is 20.3 Å². The van der Waals surface area contributed by atoms with Gasteiger partial charge in [0.25, 0.3) is 0 Å². The zero-order valence-corrected chi connectivity index (χ0v) is 9.63. The predicted octanol–water partition coefficient (Wildman–Crippen LogP) is 0.951. The molecule has 0 saturated carbocycles. The summed E-state index contributed by atoms with van der Waals surface area (Å²) in [6, 6.07) is 1.13. The lowest BCUT2D eigenvalue weighted by Gasteiger charge is -2.31. The van der Waals surface area contributed by atoms with Crippen LogP contribution in [0.25, 0.3) is 0 Å². The second kappa shape index (κ2) is 7.30. The van der Waals surface area contributed by atoms with E-state index in [4.69, 9.17) is 4.74 Å². The maximum Gasteiger partial charge on any atom is 0.0589 e. The van der Waals surface area contributed by atoms with Crippen molar-refractivity contribution in [2.45, 2.75) is 32.4 Å². The van der Waals surface area contributed by atoms with Crippen molar-refractivity contribution in [3.63, 3.8) is 0 Å². The molecule has 2 atom stereocenters. The summed E-state index contributed by atoms with van der Waals surface area (Å²) >= 11 is 0. The summed E-state index contributed by atoms with van der Waals surface area (Å²) in [4.78, 5) is 2.33. The quantitative estimate of drug-likeness (QED) is 0.644. The van der Waals surface area contributed by atoms with Gasteiger partial charge in [-0.2, -0.15) is 0 Å². The highest BCUT2D eigenvalue weighted by Gasteiger charge is 2.16. The smallest absolute Gasteiger partial charge is 0.0589 e. The number of nitrogens with zero attached hydrogens (tertiary/aromatic N) is 1. The number of hydrogen-bond acceptors (Lipinski definition) is 3. The van der Waals surface area contributed by atoms with Gasteiger partial charge in [-0.1, -0.05) is 6.92 Å². The molecule has 0 radical (unpaired) electrons. The average molecular weight is 188 g/mol. The topological polar surface area (TPSA) is 24.5 Å². The van der Waals surface area contributed by atoms with E-state index in [-0.39, 0.29) is 0 Å². The van der Waals surface area contributed by atoms with Crippen molar-refractivity contribution in [1.82, 2.24) is 10.2 Å². The molecule has 0 rings (SSSR count). The fourth-order valence-electron chi connectivity index (χ4n) is 1.53. The van der Waals surface area contributed by atoms with E-state index >= 15 is 0 Å². The van der Waals surface area contributed by atoms with Gasteiger partial charge in [0.1, 0.15) is 0 Å². The monoisotopic (exact) mass is 188 g/mol.